The standard InChI is InChI=1S/C19H29NO2/c1-15-11-12-16(2)18(14-15)22-13-7-10-19(21)20-17-8-5-3-4-6-9-17/h11-12,14,17H,3-10,13H2,1-2H3,(H,20,21). The predicted molar refractivity (Wildman–Crippen MR) is 90.3 cm³/mol. The van der Waals surface area contributed by atoms with E-state index in [9.17, 15) is 4.79 Å². The van der Waals surface area contributed by atoms with Crippen molar-refractivity contribution in [2.45, 2.75) is 71.3 Å². The van der Waals surface area contributed by atoms with Crippen LogP contribution in [0.5, 0.6) is 5.75 Å². The largest absolute Gasteiger partial charge is 0.493 e. The maximum absolute atomic E-state index is 12.0. The third-order valence-electron chi connectivity index (χ3n) is 4.37. The lowest BCUT2D eigenvalue weighted by Crippen LogP contribution is -2.34. The summed E-state index contributed by atoms with van der Waals surface area (Å²) in [6.07, 6.45) is 8.75. The molecule has 1 aromatic carbocycles. The van der Waals surface area contributed by atoms with E-state index in [-0.39, 0.29) is 5.91 Å². The van der Waals surface area contributed by atoms with Gasteiger partial charge in [-0.25, -0.2) is 0 Å². The molecule has 122 valence electrons. The second kappa shape index (κ2) is 8.82. The fourth-order valence-corrected chi connectivity index (χ4v) is 3.00. The number of carbonyl (C=O) groups excluding carboxylic acids is 1. The Kier molecular flexibility index (Phi) is 6.75. The summed E-state index contributed by atoms with van der Waals surface area (Å²) in [5.74, 6) is 1.11. The molecule has 0 unspecified atom stereocenters. The van der Waals surface area contributed by atoms with Crippen LogP contribution in [0.25, 0.3) is 0 Å². The van der Waals surface area contributed by atoms with Gasteiger partial charge in [0.25, 0.3) is 0 Å². The summed E-state index contributed by atoms with van der Waals surface area (Å²) in [7, 11) is 0. The van der Waals surface area contributed by atoms with E-state index in [1.165, 1.54) is 31.2 Å². The van der Waals surface area contributed by atoms with E-state index in [4.69, 9.17) is 4.74 Å². The molecular formula is C19H29NO2. The van der Waals surface area contributed by atoms with Gasteiger partial charge in [0.05, 0.1) is 6.61 Å². The predicted octanol–water partition coefficient (Wildman–Crippen LogP) is 4.30. The maximum Gasteiger partial charge on any atom is 0.220 e. The monoisotopic (exact) mass is 303 g/mol. The molecule has 22 heavy (non-hydrogen) atoms. The minimum atomic E-state index is 0.177. The van der Waals surface area contributed by atoms with Crippen LogP contribution in [-0.2, 0) is 4.79 Å². The Morgan fingerprint density at radius 2 is 1.91 bits per heavy atom. The van der Waals surface area contributed by atoms with Crippen LogP contribution in [0, 0.1) is 13.8 Å². The molecule has 1 aromatic rings. The molecule has 3 nitrogen and oxygen atoms in total. The molecule has 1 N–H and O–H groups in total. The topological polar surface area (TPSA) is 38.3 Å². The Labute approximate surface area is 134 Å². The third-order valence-corrected chi connectivity index (χ3v) is 4.37. The van der Waals surface area contributed by atoms with Crippen molar-refractivity contribution in [1.82, 2.24) is 5.32 Å². The zero-order valence-corrected chi connectivity index (χ0v) is 14.0. The highest BCUT2D eigenvalue weighted by molar-refractivity contribution is 5.76. The highest BCUT2D eigenvalue weighted by Crippen LogP contribution is 2.19. The van der Waals surface area contributed by atoms with Crippen molar-refractivity contribution in [3.63, 3.8) is 0 Å². The molecule has 0 atom stereocenters. The van der Waals surface area contributed by atoms with Gasteiger partial charge in [0.15, 0.2) is 0 Å². The van der Waals surface area contributed by atoms with Gasteiger partial charge in [-0.1, -0.05) is 37.8 Å². The van der Waals surface area contributed by atoms with Gasteiger partial charge in [0, 0.05) is 12.5 Å². The molecule has 0 aliphatic heterocycles. The molecule has 0 saturated heterocycles. The molecule has 0 radical (unpaired) electrons. The van der Waals surface area contributed by atoms with Crippen LogP contribution in [0.2, 0.25) is 0 Å². The first-order valence-corrected chi connectivity index (χ1v) is 8.64. The molecule has 0 bridgehead atoms. The normalized spacial score (nSPS) is 16.1. The fraction of sp³-hybridized carbons (Fsp3) is 0.632. The SMILES string of the molecule is Cc1ccc(C)c(OCCCC(=O)NC2CCCCCC2)c1. The molecule has 1 aliphatic carbocycles. The molecule has 0 heterocycles. The van der Waals surface area contributed by atoms with Gasteiger partial charge in [0.1, 0.15) is 5.75 Å². The number of hydrogen-bond donors (Lipinski definition) is 1. The number of amides is 1. The van der Waals surface area contributed by atoms with Crippen LogP contribution in [0.1, 0.15) is 62.5 Å². The number of ether oxygens (including phenoxy) is 1. The minimum Gasteiger partial charge on any atom is -0.493 e. The summed E-state index contributed by atoms with van der Waals surface area (Å²) >= 11 is 0. The number of benzene rings is 1. The van der Waals surface area contributed by atoms with Gasteiger partial charge < -0.3 is 10.1 Å². The molecular weight excluding hydrogens is 274 g/mol. The maximum atomic E-state index is 12.0. The number of carbonyl (C=O) groups is 1. The zero-order chi connectivity index (χ0) is 15.8. The van der Waals surface area contributed by atoms with E-state index in [1.54, 1.807) is 0 Å². The van der Waals surface area contributed by atoms with Crippen LogP contribution < -0.4 is 10.1 Å². The summed E-state index contributed by atoms with van der Waals surface area (Å²) in [6, 6.07) is 6.61. The number of aryl methyl sites for hydroxylation is 2. The van der Waals surface area contributed by atoms with Crippen molar-refractivity contribution >= 4 is 5.91 Å². The molecule has 1 aliphatic rings. The fourth-order valence-electron chi connectivity index (χ4n) is 3.00. The Balaban J connectivity index is 1.65. The molecule has 2 rings (SSSR count). The number of nitrogens with one attached hydrogen (secondary N) is 1. The van der Waals surface area contributed by atoms with Crippen LogP contribution in [0.4, 0.5) is 0 Å². The molecule has 1 amide bonds. The van der Waals surface area contributed by atoms with Crippen molar-refractivity contribution in [1.29, 1.82) is 0 Å². The van der Waals surface area contributed by atoms with Crippen molar-refractivity contribution in [3.05, 3.63) is 29.3 Å². The van der Waals surface area contributed by atoms with Crippen LogP contribution in [0.15, 0.2) is 18.2 Å². The van der Waals surface area contributed by atoms with E-state index >= 15 is 0 Å². The van der Waals surface area contributed by atoms with E-state index in [1.807, 2.05) is 6.92 Å². The smallest absolute Gasteiger partial charge is 0.220 e. The lowest BCUT2D eigenvalue weighted by atomic mass is 10.1. The first kappa shape index (κ1) is 16.9. The Morgan fingerprint density at radius 3 is 2.64 bits per heavy atom. The van der Waals surface area contributed by atoms with Gasteiger partial charge in [-0.3, -0.25) is 4.79 Å². The lowest BCUT2D eigenvalue weighted by Gasteiger charge is -2.16. The Morgan fingerprint density at radius 1 is 1.18 bits per heavy atom. The van der Waals surface area contributed by atoms with Crippen molar-refractivity contribution in [2.24, 2.45) is 0 Å². The number of hydrogen-bond acceptors (Lipinski definition) is 2. The average Bonchev–Trinajstić information content (AvgIpc) is 2.75. The van der Waals surface area contributed by atoms with E-state index < -0.39 is 0 Å². The zero-order valence-electron chi connectivity index (χ0n) is 14.0. The van der Waals surface area contributed by atoms with Gasteiger partial charge in [-0.2, -0.15) is 0 Å². The third kappa shape index (κ3) is 5.70. The Bertz CT molecular complexity index is 476. The second-order valence-electron chi connectivity index (χ2n) is 6.48. The van der Waals surface area contributed by atoms with Crippen LogP contribution in [0.3, 0.4) is 0 Å². The summed E-state index contributed by atoms with van der Waals surface area (Å²) in [5, 5.41) is 3.18. The molecule has 0 spiro atoms. The van der Waals surface area contributed by atoms with Crippen molar-refractivity contribution < 1.29 is 9.53 Å². The van der Waals surface area contributed by atoms with E-state index in [2.05, 4.69) is 30.4 Å². The van der Waals surface area contributed by atoms with Crippen molar-refractivity contribution in [2.75, 3.05) is 6.61 Å². The summed E-state index contributed by atoms with van der Waals surface area (Å²) in [4.78, 5) is 12.0. The summed E-state index contributed by atoms with van der Waals surface area (Å²) in [5.41, 5.74) is 2.35. The van der Waals surface area contributed by atoms with Gasteiger partial charge >= 0.3 is 0 Å². The summed E-state index contributed by atoms with van der Waals surface area (Å²) in [6.45, 7) is 4.71. The highest BCUT2D eigenvalue weighted by Gasteiger charge is 2.14. The quantitative estimate of drug-likeness (QED) is 0.628. The first-order valence-electron chi connectivity index (χ1n) is 8.64. The molecule has 1 saturated carbocycles. The Hall–Kier alpha value is -1.51. The number of rotatable bonds is 6. The van der Waals surface area contributed by atoms with E-state index in [0.29, 0.717) is 19.1 Å². The van der Waals surface area contributed by atoms with Gasteiger partial charge in [0.2, 0.25) is 5.91 Å². The first-order chi connectivity index (χ1) is 10.6. The molecule has 0 aromatic heterocycles. The molecule has 3 heteroatoms. The van der Waals surface area contributed by atoms with Crippen LogP contribution >= 0.6 is 0 Å². The average molecular weight is 303 g/mol. The van der Waals surface area contributed by atoms with Crippen LogP contribution in [-0.4, -0.2) is 18.6 Å². The molecule has 1 fully saturated rings. The van der Waals surface area contributed by atoms with Gasteiger partial charge in [-0.05, 0) is 50.3 Å². The lowest BCUT2D eigenvalue weighted by molar-refractivity contribution is -0.122. The van der Waals surface area contributed by atoms with Gasteiger partial charge in [-0.15, -0.1) is 0 Å². The second-order valence-corrected chi connectivity index (χ2v) is 6.48. The van der Waals surface area contributed by atoms with E-state index in [0.717, 1.165) is 30.6 Å². The highest BCUT2D eigenvalue weighted by atomic mass is 16.5. The minimum absolute atomic E-state index is 0.177. The van der Waals surface area contributed by atoms with Crippen molar-refractivity contribution in [3.8, 4) is 5.75 Å². The summed E-state index contributed by atoms with van der Waals surface area (Å²) < 4.78 is 5.80.